The average Bonchev–Trinajstić information content (AvgIpc) is 2.81. The molecule has 1 aliphatic rings. The molecule has 2 heterocycles. The van der Waals surface area contributed by atoms with Crippen LogP contribution in [0.25, 0.3) is 10.9 Å². The van der Waals surface area contributed by atoms with E-state index >= 15 is 0 Å². The number of benzene rings is 1. The predicted octanol–water partition coefficient (Wildman–Crippen LogP) is 0.507. The number of nitrogens with one attached hydrogen (secondary N) is 2. The third-order valence-corrected chi connectivity index (χ3v) is 3.22. The molecule has 2 aromatic rings. The van der Waals surface area contributed by atoms with Gasteiger partial charge >= 0.3 is 0 Å². The van der Waals surface area contributed by atoms with Crippen LogP contribution in [0, 0.1) is 5.82 Å². The van der Waals surface area contributed by atoms with E-state index in [2.05, 4.69) is 10.3 Å². The molecule has 0 radical (unpaired) electrons. The highest BCUT2D eigenvalue weighted by atomic mass is 19.1. The van der Waals surface area contributed by atoms with Crippen LogP contribution in [-0.4, -0.2) is 16.8 Å². The molecule has 0 bridgehead atoms. The van der Waals surface area contributed by atoms with Gasteiger partial charge in [0.15, 0.2) is 0 Å². The minimum Gasteiger partial charge on any atom is -0.361 e. The first kappa shape index (κ1) is 10.9. The number of aromatic amines is 1. The zero-order valence-electron chi connectivity index (χ0n) is 9.29. The summed E-state index contributed by atoms with van der Waals surface area (Å²) in [7, 11) is 0. The first-order valence-electron chi connectivity index (χ1n) is 5.41. The zero-order valence-corrected chi connectivity index (χ0v) is 9.29. The fraction of sp³-hybridized carbons (Fsp3) is 0.167. The molecule has 1 unspecified atom stereocenters. The van der Waals surface area contributed by atoms with Gasteiger partial charge in [-0.1, -0.05) is 0 Å². The van der Waals surface area contributed by atoms with Crippen LogP contribution in [0.5, 0.6) is 0 Å². The fourth-order valence-electron chi connectivity index (χ4n) is 2.30. The summed E-state index contributed by atoms with van der Waals surface area (Å²) >= 11 is 0. The highest BCUT2D eigenvalue weighted by Gasteiger charge is 2.46. The summed E-state index contributed by atoms with van der Waals surface area (Å²) in [4.78, 5) is 26.0. The van der Waals surface area contributed by atoms with Gasteiger partial charge in [-0.3, -0.25) is 14.9 Å². The molecule has 6 heteroatoms. The van der Waals surface area contributed by atoms with E-state index in [-0.39, 0.29) is 6.42 Å². The van der Waals surface area contributed by atoms with Gasteiger partial charge in [0.25, 0.3) is 5.91 Å². The minimum absolute atomic E-state index is 0.130. The van der Waals surface area contributed by atoms with Gasteiger partial charge in [0.05, 0.1) is 6.42 Å². The summed E-state index contributed by atoms with van der Waals surface area (Å²) in [5.41, 5.74) is 5.67. The van der Waals surface area contributed by atoms with Crippen LogP contribution in [-0.2, 0) is 15.1 Å². The van der Waals surface area contributed by atoms with E-state index in [4.69, 9.17) is 5.73 Å². The van der Waals surface area contributed by atoms with Gasteiger partial charge in [0.2, 0.25) is 5.91 Å². The number of nitrogens with two attached hydrogens (primary N) is 1. The Morgan fingerprint density at radius 2 is 2.11 bits per heavy atom. The maximum Gasteiger partial charge on any atom is 0.251 e. The van der Waals surface area contributed by atoms with Gasteiger partial charge in [-0.15, -0.1) is 0 Å². The SMILES string of the molecule is NC1(c2c[nH]c3ccc(F)cc23)CC(=O)NC1=O. The normalized spacial score (nSPS) is 23.7. The van der Waals surface area contributed by atoms with Crippen molar-refractivity contribution in [3.63, 3.8) is 0 Å². The molecule has 4 N–H and O–H groups in total. The molecule has 1 fully saturated rings. The van der Waals surface area contributed by atoms with Crippen LogP contribution in [0.3, 0.4) is 0 Å². The molecule has 2 amide bonds. The van der Waals surface area contributed by atoms with Crippen LogP contribution >= 0.6 is 0 Å². The monoisotopic (exact) mass is 247 g/mol. The molecule has 1 aromatic heterocycles. The summed E-state index contributed by atoms with van der Waals surface area (Å²) in [6, 6.07) is 4.17. The number of aromatic nitrogens is 1. The summed E-state index contributed by atoms with van der Waals surface area (Å²) in [6.45, 7) is 0. The molecule has 5 nitrogen and oxygen atoms in total. The quantitative estimate of drug-likeness (QED) is 0.641. The molecule has 1 atom stereocenters. The Kier molecular flexibility index (Phi) is 2.06. The van der Waals surface area contributed by atoms with Gasteiger partial charge < -0.3 is 10.7 Å². The lowest BCUT2D eigenvalue weighted by Gasteiger charge is -2.18. The number of rotatable bonds is 1. The molecule has 92 valence electrons. The largest absolute Gasteiger partial charge is 0.361 e. The highest BCUT2D eigenvalue weighted by molar-refractivity contribution is 6.10. The van der Waals surface area contributed by atoms with Gasteiger partial charge in [-0.2, -0.15) is 0 Å². The second kappa shape index (κ2) is 3.39. The van der Waals surface area contributed by atoms with E-state index < -0.39 is 23.2 Å². The average molecular weight is 247 g/mol. The summed E-state index contributed by atoms with van der Waals surface area (Å²) in [6.07, 6.45) is 1.41. The lowest BCUT2D eigenvalue weighted by atomic mass is 9.89. The first-order valence-corrected chi connectivity index (χ1v) is 5.41. The highest BCUT2D eigenvalue weighted by Crippen LogP contribution is 2.32. The van der Waals surface area contributed by atoms with Crippen LogP contribution < -0.4 is 11.1 Å². The van der Waals surface area contributed by atoms with Crippen LogP contribution in [0.1, 0.15) is 12.0 Å². The Bertz CT molecular complexity index is 679. The Morgan fingerprint density at radius 1 is 1.33 bits per heavy atom. The summed E-state index contributed by atoms with van der Waals surface area (Å²) < 4.78 is 13.3. The number of fused-ring (bicyclic) bond motifs is 1. The molecule has 1 aliphatic heterocycles. The molecule has 18 heavy (non-hydrogen) atoms. The van der Waals surface area contributed by atoms with Crippen molar-refractivity contribution >= 4 is 22.7 Å². The second-order valence-corrected chi connectivity index (χ2v) is 4.42. The third-order valence-electron chi connectivity index (χ3n) is 3.22. The maximum atomic E-state index is 13.3. The number of carbonyl (C=O) groups is 2. The van der Waals surface area contributed by atoms with Crippen LogP contribution in [0.15, 0.2) is 24.4 Å². The topological polar surface area (TPSA) is 88.0 Å². The van der Waals surface area contributed by atoms with Crippen molar-refractivity contribution in [3.8, 4) is 0 Å². The van der Waals surface area contributed by atoms with E-state index in [0.717, 1.165) is 0 Å². The predicted molar refractivity (Wildman–Crippen MR) is 61.9 cm³/mol. The molecule has 3 rings (SSSR count). The summed E-state index contributed by atoms with van der Waals surface area (Å²) in [5.74, 6) is -1.40. The van der Waals surface area contributed by atoms with E-state index in [1.807, 2.05) is 0 Å². The van der Waals surface area contributed by atoms with Crippen LogP contribution in [0.2, 0.25) is 0 Å². The van der Waals surface area contributed by atoms with Gasteiger partial charge in [0.1, 0.15) is 11.4 Å². The van der Waals surface area contributed by atoms with Crippen molar-refractivity contribution in [3.05, 3.63) is 35.8 Å². The van der Waals surface area contributed by atoms with Gasteiger partial charge in [-0.05, 0) is 18.2 Å². The first-order chi connectivity index (χ1) is 8.50. The van der Waals surface area contributed by atoms with Crippen molar-refractivity contribution in [2.24, 2.45) is 5.73 Å². The number of halogens is 1. The van der Waals surface area contributed by atoms with E-state index in [1.165, 1.54) is 12.1 Å². The van der Waals surface area contributed by atoms with Crippen molar-refractivity contribution in [1.29, 1.82) is 0 Å². The lowest BCUT2D eigenvalue weighted by Crippen LogP contribution is -2.43. The molecule has 0 saturated carbocycles. The van der Waals surface area contributed by atoms with E-state index in [9.17, 15) is 14.0 Å². The second-order valence-electron chi connectivity index (χ2n) is 4.42. The Hall–Kier alpha value is -2.21. The lowest BCUT2D eigenvalue weighted by molar-refractivity contribution is -0.126. The number of hydrogen-bond acceptors (Lipinski definition) is 3. The number of hydrogen-bond donors (Lipinski definition) is 3. The standard InChI is InChI=1S/C12H10FN3O2/c13-6-1-2-9-7(3-6)8(5-15-9)12(14)4-10(17)16-11(12)18/h1-3,5,15H,4,14H2,(H,16,17,18). The van der Waals surface area contributed by atoms with E-state index in [0.29, 0.717) is 16.5 Å². The Morgan fingerprint density at radius 3 is 2.78 bits per heavy atom. The molecular weight excluding hydrogens is 237 g/mol. The third kappa shape index (κ3) is 1.36. The Labute approximate surface area is 101 Å². The molecular formula is C12H10FN3O2. The zero-order chi connectivity index (χ0) is 12.9. The van der Waals surface area contributed by atoms with Crippen molar-refractivity contribution in [2.45, 2.75) is 12.0 Å². The summed E-state index contributed by atoms with van der Waals surface area (Å²) in [5, 5.41) is 2.68. The van der Waals surface area contributed by atoms with Crippen molar-refractivity contribution in [2.75, 3.05) is 0 Å². The smallest absolute Gasteiger partial charge is 0.251 e. The molecule has 0 spiro atoms. The van der Waals surface area contributed by atoms with Gasteiger partial charge in [0, 0.05) is 22.7 Å². The number of amides is 2. The van der Waals surface area contributed by atoms with Gasteiger partial charge in [-0.25, -0.2) is 4.39 Å². The Balaban J connectivity index is 2.23. The number of carbonyl (C=O) groups excluding carboxylic acids is 2. The van der Waals surface area contributed by atoms with Crippen molar-refractivity contribution in [1.82, 2.24) is 10.3 Å². The number of imide groups is 1. The van der Waals surface area contributed by atoms with E-state index in [1.54, 1.807) is 12.3 Å². The van der Waals surface area contributed by atoms with Crippen LogP contribution in [0.4, 0.5) is 4.39 Å². The fourth-order valence-corrected chi connectivity index (χ4v) is 2.30. The molecule has 0 aliphatic carbocycles. The molecule has 1 aromatic carbocycles. The maximum absolute atomic E-state index is 13.3. The number of H-pyrrole nitrogens is 1. The molecule has 1 saturated heterocycles. The minimum atomic E-state index is -1.43. The van der Waals surface area contributed by atoms with Crippen molar-refractivity contribution < 1.29 is 14.0 Å².